The standard InChI is InChI=1S/C18H18N6OS2/c1-3-15-22-24-16(25)10-13(19-17(24)27-15)11-26-18-21-20-14(23(18)2)9-12-7-5-4-6-8-12/h4-8,10H,3,9,11H2,1-2H3. The van der Waals surface area contributed by atoms with Gasteiger partial charge < -0.3 is 4.57 Å². The van der Waals surface area contributed by atoms with Crippen molar-refractivity contribution in [3.8, 4) is 0 Å². The fourth-order valence-corrected chi connectivity index (χ4v) is 4.33. The molecule has 7 nitrogen and oxygen atoms in total. The molecule has 0 spiro atoms. The Morgan fingerprint density at radius 2 is 2.00 bits per heavy atom. The van der Waals surface area contributed by atoms with E-state index in [0.717, 1.165) is 34.5 Å². The molecule has 0 saturated heterocycles. The first kappa shape index (κ1) is 17.9. The largest absolute Gasteiger partial charge is 0.309 e. The summed E-state index contributed by atoms with van der Waals surface area (Å²) in [5.41, 5.74) is 1.78. The van der Waals surface area contributed by atoms with Crippen LogP contribution in [0.4, 0.5) is 0 Å². The van der Waals surface area contributed by atoms with Gasteiger partial charge in [-0.3, -0.25) is 4.79 Å². The van der Waals surface area contributed by atoms with Crippen molar-refractivity contribution in [1.29, 1.82) is 0 Å². The number of aromatic nitrogens is 6. The Kier molecular flexibility index (Phi) is 5.04. The van der Waals surface area contributed by atoms with Crippen molar-refractivity contribution in [2.45, 2.75) is 30.7 Å². The molecule has 4 rings (SSSR count). The highest BCUT2D eigenvalue weighted by Crippen LogP contribution is 2.21. The zero-order chi connectivity index (χ0) is 18.8. The Labute approximate surface area is 164 Å². The second-order valence-electron chi connectivity index (χ2n) is 6.04. The Morgan fingerprint density at radius 1 is 1.19 bits per heavy atom. The number of fused-ring (bicyclic) bond motifs is 1. The molecule has 0 fully saturated rings. The number of thioether (sulfide) groups is 1. The van der Waals surface area contributed by atoms with Gasteiger partial charge in [0.2, 0.25) is 4.96 Å². The van der Waals surface area contributed by atoms with Gasteiger partial charge in [0.05, 0.1) is 5.69 Å². The molecule has 138 valence electrons. The summed E-state index contributed by atoms with van der Waals surface area (Å²) in [4.78, 5) is 17.4. The fourth-order valence-electron chi connectivity index (χ4n) is 2.65. The van der Waals surface area contributed by atoms with Crippen LogP contribution in [0.1, 0.15) is 29.0 Å². The van der Waals surface area contributed by atoms with E-state index in [-0.39, 0.29) is 5.56 Å². The molecular formula is C18H18N6OS2. The molecule has 0 aliphatic rings. The van der Waals surface area contributed by atoms with Crippen LogP contribution in [0.5, 0.6) is 0 Å². The van der Waals surface area contributed by atoms with Gasteiger partial charge in [0.1, 0.15) is 10.8 Å². The van der Waals surface area contributed by atoms with Crippen LogP contribution in [0.25, 0.3) is 4.96 Å². The predicted molar refractivity (Wildman–Crippen MR) is 106 cm³/mol. The van der Waals surface area contributed by atoms with E-state index in [0.29, 0.717) is 10.7 Å². The molecule has 0 aliphatic carbocycles. The van der Waals surface area contributed by atoms with Gasteiger partial charge in [-0.2, -0.15) is 9.61 Å². The third-order valence-electron chi connectivity index (χ3n) is 4.12. The smallest absolute Gasteiger partial charge is 0.275 e. The molecule has 0 saturated carbocycles. The monoisotopic (exact) mass is 398 g/mol. The van der Waals surface area contributed by atoms with Gasteiger partial charge in [-0.1, -0.05) is 60.4 Å². The first-order chi connectivity index (χ1) is 13.1. The summed E-state index contributed by atoms with van der Waals surface area (Å²) in [5, 5.41) is 14.6. The van der Waals surface area contributed by atoms with E-state index in [4.69, 9.17) is 0 Å². The molecule has 3 aromatic heterocycles. The van der Waals surface area contributed by atoms with Crippen LogP contribution in [0.2, 0.25) is 0 Å². The minimum atomic E-state index is -0.144. The Hall–Kier alpha value is -2.52. The van der Waals surface area contributed by atoms with Crippen molar-refractivity contribution >= 4 is 28.1 Å². The zero-order valence-electron chi connectivity index (χ0n) is 15.0. The Morgan fingerprint density at radius 3 is 2.78 bits per heavy atom. The number of hydrogen-bond acceptors (Lipinski definition) is 7. The molecule has 0 atom stereocenters. The quantitative estimate of drug-likeness (QED) is 0.465. The molecule has 9 heteroatoms. The number of nitrogens with zero attached hydrogens (tertiary/aromatic N) is 6. The highest BCUT2D eigenvalue weighted by molar-refractivity contribution is 7.98. The molecule has 0 amide bonds. The molecule has 1 aromatic carbocycles. The van der Waals surface area contributed by atoms with Crippen molar-refractivity contribution in [2.75, 3.05) is 0 Å². The van der Waals surface area contributed by atoms with Crippen LogP contribution in [-0.4, -0.2) is 29.4 Å². The molecule has 27 heavy (non-hydrogen) atoms. The minimum Gasteiger partial charge on any atom is -0.309 e. The molecule has 4 aromatic rings. The van der Waals surface area contributed by atoms with Gasteiger partial charge in [0.15, 0.2) is 5.16 Å². The summed E-state index contributed by atoms with van der Waals surface area (Å²) in [6, 6.07) is 11.7. The highest BCUT2D eigenvalue weighted by atomic mass is 32.2. The SMILES string of the molecule is CCc1nn2c(=O)cc(CSc3nnc(Cc4ccccc4)n3C)nc2s1. The maximum Gasteiger partial charge on any atom is 0.275 e. The maximum atomic E-state index is 12.2. The van der Waals surface area contributed by atoms with E-state index in [9.17, 15) is 4.79 Å². The maximum absolute atomic E-state index is 12.2. The third-order valence-corrected chi connectivity index (χ3v) is 6.23. The average Bonchev–Trinajstić information content (AvgIpc) is 3.25. The van der Waals surface area contributed by atoms with Gasteiger partial charge in [-0.15, -0.1) is 10.2 Å². The van der Waals surface area contributed by atoms with Crippen LogP contribution in [-0.2, 0) is 25.6 Å². The van der Waals surface area contributed by atoms with Gasteiger partial charge in [-0.05, 0) is 12.0 Å². The van der Waals surface area contributed by atoms with Crippen LogP contribution in [0, 0.1) is 0 Å². The second kappa shape index (κ2) is 7.61. The van der Waals surface area contributed by atoms with E-state index in [1.165, 1.54) is 33.2 Å². The van der Waals surface area contributed by atoms with Gasteiger partial charge >= 0.3 is 0 Å². The second-order valence-corrected chi connectivity index (χ2v) is 8.02. The zero-order valence-corrected chi connectivity index (χ0v) is 16.6. The topological polar surface area (TPSA) is 78.0 Å². The minimum absolute atomic E-state index is 0.144. The van der Waals surface area contributed by atoms with E-state index >= 15 is 0 Å². The molecule has 0 N–H and O–H groups in total. The molecule has 0 bridgehead atoms. The number of benzene rings is 1. The Bertz CT molecular complexity index is 1130. The van der Waals surface area contributed by atoms with E-state index < -0.39 is 0 Å². The first-order valence-corrected chi connectivity index (χ1v) is 10.4. The number of hydrogen-bond donors (Lipinski definition) is 0. The highest BCUT2D eigenvalue weighted by Gasteiger charge is 2.12. The molecule has 0 aliphatic heterocycles. The predicted octanol–water partition coefficient (Wildman–Crippen LogP) is 2.73. The lowest BCUT2D eigenvalue weighted by molar-refractivity contribution is 0.748. The summed E-state index contributed by atoms with van der Waals surface area (Å²) >= 11 is 2.98. The fraction of sp³-hybridized carbons (Fsp3) is 0.278. The van der Waals surface area contributed by atoms with Crippen LogP contribution >= 0.6 is 23.1 Å². The lowest BCUT2D eigenvalue weighted by atomic mass is 10.1. The summed E-state index contributed by atoms with van der Waals surface area (Å²) in [6.45, 7) is 2.01. The van der Waals surface area contributed by atoms with Crippen molar-refractivity contribution in [3.05, 3.63) is 68.8 Å². The van der Waals surface area contributed by atoms with Gasteiger partial charge in [0.25, 0.3) is 5.56 Å². The lowest BCUT2D eigenvalue weighted by Gasteiger charge is -2.04. The van der Waals surface area contributed by atoms with Gasteiger partial charge in [-0.25, -0.2) is 4.98 Å². The summed E-state index contributed by atoms with van der Waals surface area (Å²) < 4.78 is 3.36. The normalized spacial score (nSPS) is 11.3. The summed E-state index contributed by atoms with van der Waals surface area (Å²) in [5.74, 6) is 1.46. The van der Waals surface area contributed by atoms with Crippen LogP contribution in [0.15, 0.2) is 46.3 Å². The molecule has 0 radical (unpaired) electrons. The van der Waals surface area contributed by atoms with E-state index in [2.05, 4.69) is 32.4 Å². The Balaban J connectivity index is 1.50. The molecule has 0 unspecified atom stereocenters. The van der Waals surface area contributed by atoms with E-state index in [1.807, 2.05) is 36.7 Å². The van der Waals surface area contributed by atoms with Crippen LogP contribution in [0.3, 0.4) is 0 Å². The lowest BCUT2D eigenvalue weighted by Crippen LogP contribution is -2.15. The molecule has 3 heterocycles. The van der Waals surface area contributed by atoms with Crippen molar-refractivity contribution in [2.24, 2.45) is 7.05 Å². The van der Waals surface area contributed by atoms with Crippen molar-refractivity contribution < 1.29 is 0 Å². The summed E-state index contributed by atoms with van der Waals surface area (Å²) in [7, 11) is 1.96. The summed E-state index contributed by atoms with van der Waals surface area (Å²) in [6.07, 6.45) is 1.53. The molecular weight excluding hydrogens is 380 g/mol. The van der Waals surface area contributed by atoms with E-state index in [1.54, 1.807) is 6.07 Å². The van der Waals surface area contributed by atoms with Crippen molar-refractivity contribution in [1.82, 2.24) is 29.4 Å². The van der Waals surface area contributed by atoms with Gasteiger partial charge in [0, 0.05) is 25.3 Å². The third kappa shape index (κ3) is 3.79. The number of rotatable bonds is 6. The van der Waals surface area contributed by atoms with Crippen molar-refractivity contribution in [3.63, 3.8) is 0 Å². The number of aryl methyl sites for hydroxylation is 1. The first-order valence-electron chi connectivity index (χ1n) is 8.57. The van der Waals surface area contributed by atoms with Crippen LogP contribution < -0.4 is 5.56 Å². The average molecular weight is 399 g/mol.